The van der Waals surface area contributed by atoms with Gasteiger partial charge in [0.1, 0.15) is 5.82 Å². The van der Waals surface area contributed by atoms with Gasteiger partial charge >= 0.3 is 11.9 Å². The fourth-order valence-electron chi connectivity index (χ4n) is 2.03. The molecule has 0 aliphatic heterocycles. The van der Waals surface area contributed by atoms with Gasteiger partial charge in [-0.15, -0.1) is 0 Å². The third-order valence-electron chi connectivity index (χ3n) is 3.21. The second-order valence-corrected chi connectivity index (χ2v) is 5.08. The molecule has 0 aliphatic rings. The van der Waals surface area contributed by atoms with Crippen LogP contribution >= 0.6 is 0 Å². The summed E-state index contributed by atoms with van der Waals surface area (Å²) >= 11 is 0. The summed E-state index contributed by atoms with van der Waals surface area (Å²) in [6.07, 6.45) is 2.46. The largest absolute Gasteiger partial charge is 0.465 e. The van der Waals surface area contributed by atoms with Gasteiger partial charge in [-0.3, -0.25) is 4.79 Å². The molecule has 2 aromatic rings. The molecule has 0 saturated heterocycles. The fourth-order valence-corrected chi connectivity index (χ4v) is 2.03. The molecular formula is C19H16FNO5. The molecule has 134 valence electrons. The van der Waals surface area contributed by atoms with Crippen LogP contribution in [-0.4, -0.2) is 31.6 Å². The summed E-state index contributed by atoms with van der Waals surface area (Å²) in [5.74, 6) is -2.40. The van der Waals surface area contributed by atoms with Crippen LogP contribution in [0.4, 0.5) is 10.1 Å². The highest BCUT2D eigenvalue weighted by atomic mass is 19.1. The summed E-state index contributed by atoms with van der Waals surface area (Å²) in [6.45, 7) is -0.540. The molecule has 2 rings (SSSR count). The molecule has 0 radical (unpaired) electrons. The van der Waals surface area contributed by atoms with E-state index in [0.29, 0.717) is 5.56 Å². The van der Waals surface area contributed by atoms with Gasteiger partial charge in [0, 0.05) is 6.08 Å². The molecule has 0 aromatic heterocycles. The van der Waals surface area contributed by atoms with Gasteiger partial charge in [0.2, 0.25) is 0 Å². The van der Waals surface area contributed by atoms with E-state index < -0.39 is 30.3 Å². The van der Waals surface area contributed by atoms with E-state index >= 15 is 0 Å². The zero-order chi connectivity index (χ0) is 18.9. The SMILES string of the molecule is COC(=O)c1ccccc1NC(=O)COC(=O)/C=C/c1cccc(F)c1. The monoisotopic (exact) mass is 357 g/mol. The van der Waals surface area contributed by atoms with Crippen molar-refractivity contribution >= 4 is 29.6 Å². The van der Waals surface area contributed by atoms with Crippen LogP contribution in [0.25, 0.3) is 6.08 Å². The molecule has 26 heavy (non-hydrogen) atoms. The Morgan fingerprint density at radius 1 is 1.12 bits per heavy atom. The first-order chi connectivity index (χ1) is 12.5. The van der Waals surface area contributed by atoms with Crippen molar-refractivity contribution < 1.29 is 28.2 Å². The van der Waals surface area contributed by atoms with Crippen LogP contribution in [0.15, 0.2) is 54.6 Å². The number of nitrogens with one attached hydrogen (secondary N) is 1. The Kier molecular flexibility index (Phi) is 6.61. The summed E-state index contributed by atoms with van der Waals surface area (Å²) in [5, 5.41) is 2.47. The minimum Gasteiger partial charge on any atom is -0.465 e. The minimum absolute atomic E-state index is 0.181. The summed E-state index contributed by atoms with van der Waals surface area (Å²) in [6, 6.07) is 11.9. The van der Waals surface area contributed by atoms with Crippen molar-refractivity contribution in [1.82, 2.24) is 0 Å². The van der Waals surface area contributed by atoms with Crippen molar-refractivity contribution in [1.29, 1.82) is 0 Å². The number of halogens is 1. The van der Waals surface area contributed by atoms with Crippen molar-refractivity contribution in [3.8, 4) is 0 Å². The average Bonchev–Trinajstić information content (AvgIpc) is 2.64. The summed E-state index contributed by atoms with van der Waals surface area (Å²) < 4.78 is 22.5. The Labute approximate surface area is 149 Å². The van der Waals surface area contributed by atoms with E-state index in [1.54, 1.807) is 18.2 Å². The van der Waals surface area contributed by atoms with Gasteiger partial charge in [-0.25, -0.2) is 14.0 Å². The Hall–Kier alpha value is -3.48. The molecule has 0 atom stereocenters. The van der Waals surface area contributed by atoms with Crippen LogP contribution in [-0.2, 0) is 19.1 Å². The van der Waals surface area contributed by atoms with E-state index in [-0.39, 0.29) is 11.3 Å². The number of esters is 2. The smallest absolute Gasteiger partial charge is 0.339 e. The van der Waals surface area contributed by atoms with E-state index in [9.17, 15) is 18.8 Å². The number of carbonyl (C=O) groups is 3. The number of carbonyl (C=O) groups excluding carboxylic acids is 3. The lowest BCUT2D eigenvalue weighted by atomic mass is 10.2. The molecule has 0 bridgehead atoms. The van der Waals surface area contributed by atoms with Gasteiger partial charge in [-0.05, 0) is 35.9 Å². The minimum atomic E-state index is -0.759. The molecule has 0 saturated carbocycles. The maximum atomic E-state index is 13.0. The summed E-state index contributed by atoms with van der Waals surface area (Å²) in [4.78, 5) is 35.1. The Morgan fingerprint density at radius 2 is 1.88 bits per heavy atom. The van der Waals surface area contributed by atoms with E-state index in [1.165, 1.54) is 43.5 Å². The lowest BCUT2D eigenvalue weighted by molar-refractivity contribution is -0.142. The van der Waals surface area contributed by atoms with E-state index in [1.807, 2.05) is 0 Å². The molecule has 6 nitrogen and oxygen atoms in total. The zero-order valence-corrected chi connectivity index (χ0v) is 13.9. The number of anilines is 1. The van der Waals surface area contributed by atoms with E-state index in [2.05, 4.69) is 10.1 Å². The van der Waals surface area contributed by atoms with E-state index in [0.717, 1.165) is 6.08 Å². The van der Waals surface area contributed by atoms with Crippen LogP contribution in [0.2, 0.25) is 0 Å². The maximum Gasteiger partial charge on any atom is 0.339 e. The first-order valence-electron chi connectivity index (χ1n) is 7.57. The Balaban J connectivity index is 1.89. The number of para-hydroxylation sites is 1. The molecule has 7 heteroatoms. The van der Waals surface area contributed by atoms with Gasteiger partial charge in [0.25, 0.3) is 5.91 Å². The van der Waals surface area contributed by atoms with Gasteiger partial charge in [0.15, 0.2) is 6.61 Å². The topological polar surface area (TPSA) is 81.7 Å². The lowest BCUT2D eigenvalue weighted by Gasteiger charge is -2.09. The third kappa shape index (κ3) is 5.55. The molecular weight excluding hydrogens is 341 g/mol. The quantitative estimate of drug-likeness (QED) is 0.635. The number of amides is 1. The van der Waals surface area contributed by atoms with Crippen LogP contribution in [0.5, 0.6) is 0 Å². The number of benzene rings is 2. The van der Waals surface area contributed by atoms with Crippen LogP contribution in [0.1, 0.15) is 15.9 Å². The first kappa shape index (κ1) is 18.9. The first-order valence-corrected chi connectivity index (χ1v) is 7.57. The highest BCUT2D eigenvalue weighted by Gasteiger charge is 2.13. The predicted molar refractivity (Wildman–Crippen MR) is 92.8 cm³/mol. The third-order valence-corrected chi connectivity index (χ3v) is 3.21. The highest BCUT2D eigenvalue weighted by Crippen LogP contribution is 2.15. The molecule has 0 spiro atoms. The van der Waals surface area contributed by atoms with Gasteiger partial charge in [-0.2, -0.15) is 0 Å². The number of hydrogen-bond donors (Lipinski definition) is 1. The standard InChI is InChI=1S/C19H16FNO5/c1-25-19(24)15-7-2-3-8-16(15)21-17(22)12-26-18(23)10-9-13-5-4-6-14(20)11-13/h2-11H,12H2,1H3,(H,21,22)/b10-9+. The molecule has 1 amide bonds. The van der Waals surface area contributed by atoms with Crippen molar-refractivity contribution in [2.45, 2.75) is 0 Å². The van der Waals surface area contributed by atoms with Gasteiger partial charge < -0.3 is 14.8 Å². The molecule has 1 N–H and O–H groups in total. The zero-order valence-electron chi connectivity index (χ0n) is 13.9. The van der Waals surface area contributed by atoms with Crippen LogP contribution < -0.4 is 5.32 Å². The van der Waals surface area contributed by atoms with Crippen molar-refractivity contribution in [3.05, 3.63) is 71.6 Å². The predicted octanol–water partition coefficient (Wildman–Crippen LogP) is 2.81. The van der Waals surface area contributed by atoms with E-state index in [4.69, 9.17) is 4.74 Å². The number of methoxy groups -OCH3 is 1. The molecule has 0 heterocycles. The number of rotatable bonds is 6. The second kappa shape index (κ2) is 9.12. The Morgan fingerprint density at radius 3 is 2.62 bits per heavy atom. The maximum absolute atomic E-state index is 13.0. The van der Waals surface area contributed by atoms with Gasteiger partial charge in [0.05, 0.1) is 18.4 Å². The van der Waals surface area contributed by atoms with Crippen molar-refractivity contribution in [2.24, 2.45) is 0 Å². The molecule has 0 aliphatic carbocycles. The average molecular weight is 357 g/mol. The molecule has 2 aromatic carbocycles. The van der Waals surface area contributed by atoms with Crippen molar-refractivity contribution in [2.75, 3.05) is 19.0 Å². The summed E-state index contributed by atoms with van der Waals surface area (Å²) in [5.41, 5.74) is 0.912. The number of hydrogen-bond acceptors (Lipinski definition) is 5. The van der Waals surface area contributed by atoms with Crippen molar-refractivity contribution in [3.63, 3.8) is 0 Å². The number of ether oxygens (including phenoxy) is 2. The lowest BCUT2D eigenvalue weighted by Crippen LogP contribution is -2.21. The fraction of sp³-hybridized carbons (Fsp3) is 0.105. The molecule has 0 fully saturated rings. The Bertz CT molecular complexity index is 847. The normalized spacial score (nSPS) is 10.4. The van der Waals surface area contributed by atoms with Gasteiger partial charge in [-0.1, -0.05) is 24.3 Å². The highest BCUT2D eigenvalue weighted by molar-refractivity contribution is 6.02. The van der Waals surface area contributed by atoms with Crippen LogP contribution in [0, 0.1) is 5.82 Å². The second-order valence-electron chi connectivity index (χ2n) is 5.08. The summed E-state index contributed by atoms with van der Waals surface area (Å²) in [7, 11) is 1.23. The molecule has 0 unspecified atom stereocenters. The van der Waals surface area contributed by atoms with Crippen LogP contribution in [0.3, 0.4) is 0 Å².